The average molecular weight is 363 g/mol. The van der Waals surface area contributed by atoms with Gasteiger partial charge >= 0.3 is 0 Å². The lowest BCUT2D eigenvalue weighted by Gasteiger charge is -2.44. The lowest BCUT2D eigenvalue weighted by molar-refractivity contribution is 0.0984. The molecular formula is C18H25N3O3S. The zero-order valence-electron chi connectivity index (χ0n) is 14.5. The fourth-order valence-electron chi connectivity index (χ4n) is 3.09. The summed E-state index contributed by atoms with van der Waals surface area (Å²) >= 11 is 0. The first-order valence-electron chi connectivity index (χ1n) is 8.27. The fourth-order valence-corrected chi connectivity index (χ4v) is 4.88. The van der Waals surface area contributed by atoms with Crippen molar-refractivity contribution in [2.24, 2.45) is 0 Å². The van der Waals surface area contributed by atoms with Crippen LogP contribution in [0.3, 0.4) is 0 Å². The summed E-state index contributed by atoms with van der Waals surface area (Å²) in [6.45, 7) is 1.20. The van der Waals surface area contributed by atoms with Crippen LogP contribution in [0.4, 0.5) is 17.1 Å². The quantitative estimate of drug-likeness (QED) is 0.694. The molecule has 1 atom stereocenters. The third kappa shape index (κ3) is 3.47. The van der Waals surface area contributed by atoms with Crippen molar-refractivity contribution in [2.45, 2.75) is 12.5 Å². The number of rotatable bonds is 7. The lowest BCUT2D eigenvalue weighted by atomic mass is 10.2. The second-order valence-corrected chi connectivity index (χ2v) is 7.70. The molecule has 0 aromatic heterocycles. The highest BCUT2D eigenvalue weighted by Crippen LogP contribution is 2.63. The van der Waals surface area contributed by atoms with E-state index in [1.165, 1.54) is 0 Å². The van der Waals surface area contributed by atoms with Gasteiger partial charge in [0.05, 0.1) is 23.2 Å². The number of hydrogen-bond donors (Lipinski definition) is 3. The third-order valence-electron chi connectivity index (χ3n) is 4.32. The van der Waals surface area contributed by atoms with Crippen molar-refractivity contribution in [3.63, 3.8) is 0 Å². The van der Waals surface area contributed by atoms with Gasteiger partial charge in [0.1, 0.15) is 0 Å². The highest BCUT2D eigenvalue weighted by Gasteiger charge is 2.41. The molecule has 0 spiro atoms. The van der Waals surface area contributed by atoms with Gasteiger partial charge < -0.3 is 10.1 Å². The average Bonchev–Trinajstić information content (AvgIpc) is 2.85. The monoisotopic (exact) mass is 363 g/mol. The zero-order chi connectivity index (χ0) is 17.9. The van der Waals surface area contributed by atoms with Crippen LogP contribution < -0.4 is 13.9 Å². The Labute approximate surface area is 150 Å². The van der Waals surface area contributed by atoms with Gasteiger partial charge in [-0.15, -0.1) is 0 Å². The van der Waals surface area contributed by atoms with E-state index in [0.29, 0.717) is 19.5 Å². The van der Waals surface area contributed by atoms with Gasteiger partial charge in [-0.2, -0.15) is 0 Å². The molecule has 136 valence electrons. The predicted molar refractivity (Wildman–Crippen MR) is 105 cm³/mol. The number of methoxy groups -OCH3 is 1. The van der Waals surface area contributed by atoms with E-state index in [1.807, 2.05) is 61.6 Å². The number of ether oxygens (including phenoxy) is 1. The maximum atomic E-state index is 11.0. The number of para-hydroxylation sites is 3. The number of anilines is 3. The Hall–Kier alpha value is -1.77. The molecule has 6 nitrogen and oxygen atoms in total. The van der Waals surface area contributed by atoms with Crippen molar-refractivity contribution in [1.82, 2.24) is 5.32 Å². The number of likely N-dealkylation sites (N-methyl/N-ethyl adjacent to an activating group) is 1. The molecule has 1 aliphatic heterocycles. The second kappa shape index (κ2) is 7.63. The van der Waals surface area contributed by atoms with Gasteiger partial charge in [0.15, 0.2) is 0 Å². The molecule has 0 amide bonds. The van der Waals surface area contributed by atoms with Crippen LogP contribution in [0, 0.1) is 0 Å². The molecule has 0 aliphatic carbocycles. The Balaban J connectivity index is 1.92. The molecule has 0 saturated heterocycles. The fraction of sp³-hybridized carbons (Fsp3) is 0.333. The van der Waals surface area contributed by atoms with Crippen LogP contribution >= 0.6 is 11.0 Å². The van der Waals surface area contributed by atoms with E-state index in [9.17, 15) is 9.11 Å². The Morgan fingerprint density at radius 2 is 1.68 bits per heavy atom. The van der Waals surface area contributed by atoms with E-state index >= 15 is 0 Å². The predicted octanol–water partition coefficient (Wildman–Crippen LogP) is 3.85. The number of hydrogen-bond acceptors (Lipinski definition) is 6. The molecule has 2 aromatic carbocycles. The number of nitrogens with zero attached hydrogens (tertiary/aromatic N) is 2. The second-order valence-electron chi connectivity index (χ2n) is 5.91. The first kappa shape index (κ1) is 18.0. The van der Waals surface area contributed by atoms with Crippen LogP contribution in [-0.4, -0.2) is 42.5 Å². The van der Waals surface area contributed by atoms with Crippen molar-refractivity contribution in [3.05, 3.63) is 54.6 Å². The van der Waals surface area contributed by atoms with Crippen molar-refractivity contribution < 1.29 is 13.8 Å². The summed E-state index contributed by atoms with van der Waals surface area (Å²) in [5.41, 5.74) is 2.39. The minimum atomic E-state index is -3.17. The Morgan fingerprint density at radius 1 is 1.04 bits per heavy atom. The van der Waals surface area contributed by atoms with E-state index < -0.39 is 11.0 Å². The Morgan fingerprint density at radius 3 is 2.32 bits per heavy atom. The van der Waals surface area contributed by atoms with Crippen LogP contribution in [0.2, 0.25) is 0 Å². The van der Waals surface area contributed by atoms with Gasteiger partial charge in [-0.05, 0) is 48.7 Å². The SMILES string of the molecule is CNCC(CCN1c2ccccc2N(c2ccccc2)S1(O)O)OC. The number of benzene rings is 2. The van der Waals surface area contributed by atoms with E-state index in [2.05, 4.69) is 5.32 Å². The molecule has 2 aromatic rings. The van der Waals surface area contributed by atoms with Gasteiger partial charge in [-0.25, -0.2) is 4.31 Å². The van der Waals surface area contributed by atoms with Gasteiger partial charge in [-0.1, -0.05) is 30.3 Å². The van der Waals surface area contributed by atoms with Crippen molar-refractivity contribution in [3.8, 4) is 0 Å². The highest BCUT2D eigenvalue weighted by molar-refractivity contribution is 8.27. The van der Waals surface area contributed by atoms with Crippen molar-refractivity contribution in [2.75, 3.05) is 35.9 Å². The summed E-state index contributed by atoms with van der Waals surface area (Å²) in [4.78, 5) is 0. The summed E-state index contributed by atoms with van der Waals surface area (Å²) in [6, 6.07) is 17.1. The molecule has 7 heteroatoms. The van der Waals surface area contributed by atoms with Crippen LogP contribution in [0.1, 0.15) is 6.42 Å². The van der Waals surface area contributed by atoms with Gasteiger partial charge in [0.25, 0.3) is 0 Å². The van der Waals surface area contributed by atoms with Crippen molar-refractivity contribution in [1.29, 1.82) is 0 Å². The lowest BCUT2D eigenvalue weighted by Crippen LogP contribution is -2.35. The van der Waals surface area contributed by atoms with E-state index in [1.54, 1.807) is 15.7 Å². The molecule has 0 fully saturated rings. The minimum Gasteiger partial charge on any atom is -0.380 e. The van der Waals surface area contributed by atoms with Crippen LogP contribution in [0.5, 0.6) is 0 Å². The van der Waals surface area contributed by atoms with E-state index in [4.69, 9.17) is 4.74 Å². The molecule has 1 aliphatic rings. The number of fused-ring (bicyclic) bond motifs is 1. The van der Waals surface area contributed by atoms with Gasteiger partial charge in [0, 0.05) is 20.2 Å². The minimum absolute atomic E-state index is 0.0122. The molecule has 0 radical (unpaired) electrons. The highest BCUT2D eigenvalue weighted by atomic mass is 32.3. The Kier molecular flexibility index (Phi) is 5.51. The van der Waals surface area contributed by atoms with Gasteiger partial charge in [-0.3, -0.25) is 13.4 Å². The van der Waals surface area contributed by atoms with Crippen molar-refractivity contribution >= 4 is 28.0 Å². The maximum absolute atomic E-state index is 11.0. The summed E-state index contributed by atoms with van der Waals surface area (Å²) < 4.78 is 30.9. The standard InChI is InChI=1S/C18H25N3O3S/c1-19-14-16(24-2)12-13-20-17-10-6-7-11-18(17)21(25(20,22)23)15-8-4-3-5-9-15/h3-11,16,19,22-23H,12-14H2,1-2H3. The summed E-state index contributed by atoms with van der Waals surface area (Å²) in [6.07, 6.45) is 0.697. The summed E-state index contributed by atoms with van der Waals surface area (Å²) in [7, 11) is 0.384. The van der Waals surface area contributed by atoms with Crippen LogP contribution in [0.25, 0.3) is 0 Å². The number of nitrogens with one attached hydrogen (secondary N) is 1. The molecule has 1 unspecified atom stereocenters. The zero-order valence-corrected chi connectivity index (χ0v) is 15.3. The maximum Gasteiger partial charge on any atom is 0.0896 e. The van der Waals surface area contributed by atoms with E-state index in [-0.39, 0.29) is 6.10 Å². The molecule has 0 bridgehead atoms. The summed E-state index contributed by atoms with van der Waals surface area (Å²) in [5, 5.41) is 3.10. The largest absolute Gasteiger partial charge is 0.380 e. The summed E-state index contributed by atoms with van der Waals surface area (Å²) in [5.74, 6) is 0. The normalized spacial score (nSPS) is 18.1. The van der Waals surface area contributed by atoms with Gasteiger partial charge in [0.2, 0.25) is 0 Å². The molecule has 0 saturated carbocycles. The Bertz CT molecular complexity index is 699. The molecule has 3 rings (SSSR count). The third-order valence-corrected chi connectivity index (χ3v) is 6.19. The molecule has 1 heterocycles. The molecule has 25 heavy (non-hydrogen) atoms. The van der Waals surface area contributed by atoms with Crippen LogP contribution in [0.15, 0.2) is 54.6 Å². The first-order chi connectivity index (χ1) is 12.1. The smallest absolute Gasteiger partial charge is 0.0896 e. The first-order valence-corrected chi connectivity index (χ1v) is 9.73. The van der Waals surface area contributed by atoms with E-state index in [0.717, 1.165) is 17.1 Å². The van der Waals surface area contributed by atoms with Crippen LogP contribution in [-0.2, 0) is 4.74 Å². The molecule has 3 N–H and O–H groups in total. The topological polar surface area (TPSA) is 68.2 Å². The molecular weight excluding hydrogens is 338 g/mol.